The molecule has 0 atom stereocenters. The zero-order chi connectivity index (χ0) is 29.7. The Labute approximate surface area is 258 Å². The lowest BCUT2D eigenvalue weighted by atomic mass is 9.93. The fraction of sp³-hybridized carbons (Fsp3) is 0.0857. The van der Waals surface area contributed by atoms with Gasteiger partial charge in [0, 0.05) is 52.4 Å². The lowest BCUT2D eigenvalue weighted by Gasteiger charge is -2.31. The highest BCUT2D eigenvalue weighted by molar-refractivity contribution is 7.86. The van der Waals surface area contributed by atoms with Crippen LogP contribution in [-0.4, -0.2) is 14.2 Å². The molecule has 0 spiro atoms. The molecule has 43 heavy (non-hydrogen) atoms. The zero-order valence-corrected chi connectivity index (χ0v) is 26.1. The topological polar surface area (TPSA) is 87.6 Å². The fourth-order valence-electron chi connectivity index (χ4n) is 5.87. The average molecular weight is 621 g/mol. The average Bonchev–Trinajstić information content (AvgIpc) is 3.69. The molecule has 2 aromatic heterocycles. The van der Waals surface area contributed by atoms with E-state index in [0.717, 1.165) is 63.6 Å². The third kappa shape index (κ3) is 4.47. The molecule has 1 aliphatic rings. The minimum atomic E-state index is -3.28. The third-order valence-electron chi connectivity index (χ3n) is 7.95. The molecule has 0 bridgehead atoms. The molecule has 0 unspecified atom stereocenters. The van der Waals surface area contributed by atoms with Crippen LogP contribution in [0.1, 0.15) is 21.2 Å². The van der Waals surface area contributed by atoms with E-state index in [1.54, 1.807) is 36.9 Å². The van der Waals surface area contributed by atoms with Crippen molar-refractivity contribution in [3.8, 4) is 32.4 Å². The number of methoxy groups -OCH3 is 2. The number of rotatable bonds is 6. The molecule has 1 aliphatic heterocycles. The van der Waals surface area contributed by atoms with Gasteiger partial charge in [-0.05, 0) is 59.7 Å². The quantitative estimate of drug-likeness (QED) is 0.149. The largest absolute Gasteiger partial charge is 0.496 e. The van der Waals surface area contributed by atoms with Gasteiger partial charge in [-0.15, -0.1) is 22.7 Å². The fourth-order valence-corrected chi connectivity index (χ4v) is 12.4. The first-order valence-corrected chi connectivity index (χ1v) is 17.1. The number of hydrogen-bond donors (Lipinski definition) is 2. The predicted molar refractivity (Wildman–Crippen MR) is 182 cm³/mol. The Bertz CT molecular complexity index is 1880. The molecule has 0 saturated carbocycles. The number of anilines is 2. The van der Waals surface area contributed by atoms with E-state index in [9.17, 15) is 0 Å². The predicted octanol–water partition coefficient (Wildman–Crippen LogP) is 7.46. The second-order valence-corrected chi connectivity index (χ2v) is 15.3. The van der Waals surface area contributed by atoms with Gasteiger partial charge in [0.2, 0.25) is 0 Å². The van der Waals surface area contributed by atoms with Crippen LogP contribution in [0.25, 0.3) is 20.9 Å². The van der Waals surface area contributed by atoms with E-state index in [1.165, 1.54) is 0 Å². The second kappa shape index (κ2) is 10.8. The van der Waals surface area contributed by atoms with Crippen molar-refractivity contribution in [2.45, 2.75) is 5.92 Å². The van der Waals surface area contributed by atoms with Gasteiger partial charge >= 0.3 is 0 Å². The molecular weight excluding hydrogens is 592 g/mol. The normalized spacial score (nSPS) is 17.2. The van der Waals surface area contributed by atoms with Crippen molar-refractivity contribution in [2.24, 2.45) is 0 Å². The Hall–Kier alpha value is -4.29. The molecule has 0 saturated heterocycles. The van der Waals surface area contributed by atoms with Crippen molar-refractivity contribution < 1.29 is 14.0 Å². The van der Waals surface area contributed by atoms with Crippen molar-refractivity contribution in [3.05, 3.63) is 125 Å². The summed E-state index contributed by atoms with van der Waals surface area (Å²) in [7, 11) is 0.0824. The van der Waals surface area contributed by atoms with Crippen molar-refractivity contribution >= 4 is 57.1 Å². The van der Waals surface area contributed by atoms with Crippen LogP contribution in [0.5, 0.6) is 11.5 Å². The molecule has 0 aliphatic carbocycles. The van der Waals surface area contributed by atoms with Crippen LogP contribution in [0.2, 0.25) is 0 Å². The summed E-state index contributed by atoms with van der Waals surface area (Å²) in [6.07, 6.45) is 0. The van der Waals surface area contributed by atoms with Crippen molar-refractivity contribution in [3.63, 3.8) is 0 Å². The molecule has 7 rings (SSSR count). The van der Waals surface area contributed by atoms with Crippen LogP contribution in [0.15, 0.2) is 109 Å². The molecule has 5 nitrogen and oxygen atoms in total. The van der Waals surface area contributed by atoms with Gasteiger partial charge in [0.25, 0.3) is 0 Å². The van der Waals surface area contributed by atoms with Crippen molar-refractivity contribution in [2.75, 3.05) is 25.7 Å². The Morgan fingerprint density at radius 2 is 1.09 bits per heavy atom. The highest BCUT2D eigenvalue weighted by Crippen LogP contribution is 2.59. The van der Waals surface area contributed by atoms with Gasteiger partial charge in [0.1, 0.15) is 11.5 Å². The first-order valence-electron chi connectivity index (χ1n) is 13.8. The zero-order valence-electron chi connectivity index (χ0n) is 23.6. The summed E-state index contributed by atoms with van der Waals surface area (Å²) in [5, 5.41) is 2.51. The second-order valence-electron chi connectivity index (χ2n) is 10.4. The van der Waals surface area contributed by atoms with E-state index in [1.807, 2.05) is 97.1 Å². The number of benzene rings is 4. The van der Waals surface area contributed by atoms with Crippen molar-refractivity contribution in [1.82, 2.24) is 0 Å². The Morgan fingerprint density at radius 3 is 1.53 bits per heavy atom. The van der Waals surface area contributed by atoms with Crippen molar-refractivity contribution in [1.29, 1.82) is 0 Å². The lowest BCUT2D eigenvalue weighted by molar-refractivity contribution is 0.385. The van der Waals surface area contributed by atoms with E-state index in [4.69, 9.17) is 20.9 Å². The molecule has 4 aromatic carbocycles. The van der Waals surface area contributed by atoms with Crippen LogP contribution >= 0.6 is 29.8 Å². The minimum Gasteiger partial charge on any atom is -0.496 e. The number of nitrogens with two attached hydrogens (primary N) is 2. The summed E-state index contributed by atoms with van der Waals surface area (Å²) in [5.74, 6) is 1.20. The monoisotopic (exact) mass is 620 g/mol. The molecule has 0 radical (unpaired) electrons. The summed E-state index contributed by atoms with van der Waals surface area (Å²) in [4.78, 5) is 4.13. The van der Waals surface area contributed by atoms with E-state index in [2.05, 4.69) is 12.1 Å². The molecule has 8 heteroatoms. The van der Waals surface area contributed by atoms with Gasteiger partial charge < -0.3 is 25.5 Å². The maximum atomic E-state index is 15.9. The van der Waals surface area contributed by atoms with E-state index in [-0.39, 0.29) is 5.92 Å². The maximum absolute atomic E-state index is 15.9. The smallest absolute Gasteiger partial charge is 0.173 e. The van der Waals surface area contributed by atoms with Gasteiger partial charge in [0.05, 0.1) is 20.1 Å². The molecule has 214 valence electrons. The molecule has 6 aromatic rings. The van der Waals surface area contributed by atoms with E-state index < -0.39 is 7.14 Å². The highest BCUT2D eigenvalue weighted by atomic mass is 32.1. The van der Waals surface area contributed by atoms with Crippen LogP contribution in [-0.2, 0) is 4.57 Å². The molecule has 3 heterocycles. The molecular formula is C35H29N2O3PS2. The maximum Gasteiger partial charge on any atom is 0.173 e. The summed E-state index contributed by atoms with van der Waals surface area (Å²) in [6, 6.07) is 35.7. The van der Waals surface area contributed by atoms with E-state index >= 15 is 4.57 Å². The first kappa shape index (κ1) is 27.5. The molecule has 4 N–H and O–H groups in total. The van der Waals surface area contributed by atoms with Crippen LogP contribution < -0.4 is 36.9 Å². The standard InChI is InChI=1S/C35H29N2O3PS2/c1-39-26-9-6-10-27(40-2)32(26)33-34-28(19-30(42-34)21-11-15-23(36)16-12-21)41(38,25-7-4-3-5-8-25)29-20-31(43-35(29)33)22-13-17-24(37)18-14-22/h3-20,33H,36-37H2,1-2H3. The molecule has 0 amide bonds. The van der Waals surface area contributed by atoms with Gasteiger partial charge in [0.15, 0.2) is 7.14 Å². The minimum absolute atomic E-state index is 0.248. The SMILES string of the molecule is COc1cccc(OC)c1C1c2sc(-c3ccc(N)cc3)cc2P(=O)(c2ccccc2)c2cc(-c3ccc(N)cc3)sc21. The number of nitrogen functional groups attached to an aromatic ring is 2. The Balaban J connectivity index is 1.57. The number of hydrogen-bond acceptors (Lipinski definition) is 7. The summed E-state index contributed by atoms with van der Waals surface area (Å²) < 4.78 is 27.8. The van der Waals surface area contributed by atoms with Gasteiger partial charge in [-0.1, -0.05) is 60.7 Å². The Kier molecular flexibility index (Phi) is 6.89. The third-order valence-corrected chi connectivity index (χ3v) is 13.9. The number of fused-ring (bicyclic) bond motifs is 2. The highest BCUT2D eigenvalue weighted by Gasteiger charge is 2.46. The van der Waals surface area contributed by atoms with Crippen LogP contribution in [0.3, 0.4) is 0 Å². The van der Waals surface area contributed by atoms with Gasteiger partial charge in [-0.25, -0.2) is 0 Å². The Morgan fingerprint density at radius 1 is 0.628 bits per heavy atom. The van der Waals surface area contributed by atoms with Crippen LogP contribution in [0.4, 0.5) is 11.4 Å². The van der Waals surface area contributed by atoms with Gasteiger partial charge in [-0.3, -0.25) is 0 Å². The van der Waals surface area contributed by atoms with Crippen LogP contribution in [0, 0.1) is 0 Å². The lowest BCUT2D eigenvalue weighted by Crippen LogP contribution is -2.33. The first-order chi connectivity index (χ1) is 20.9. The molecule has 0 fully saturated rings. The number of thiophene rings is 2. The summed E-state index contributed by atoms with van der Waals surface area (Å²) in [6.45, 7) is 0. The summed E-state index contributed by atoms with van der Waals surface area (Å²) in [5.41, 5.74) is 16.4. The van der Waals surface area contributed by atoms with Gasteiger partial charge in [-0.2, -0.15) is 0 Å². The number of ether oxygens (including phenoxy) is 2. The van der Waals surface area contributed by atoms with E-state index in [0.29, 0.717) is 11.4 Å². The summed E-state index contributed by atoms with van der Waals surface area (Å²) >= 11 is 3.34.